The van der Waals surface area contributed by atoms with Gasteiger partial charge in [0.1, 0.15) is 11.2 Å². The lowest BCUT2D eigenvalue weighted by atomic mass is 10.0. The van der Waals surface area contributed by atoms with Crippen molar-refractivity contribution < 1.29 is 9.18 Å². The number of alkyl halides is 1. The third kappa shape index (κ3) is 2.94. The molecule has 0 aliphatic heterocycles. The van der Waals surface area contributed by atoms with Gasteiger partial charge in [-0.05, 0) is 39.7 Å². The van der Waals surface area contributed by atoms with Crippen molar-refractivity contribution in [1.82, 2.24) is 0 Å². The second kappa shape index (κ2) is 5.29. The number of carbonyl (C=O) groups is 1. The molecule has 0 amide bonds. The molecule has 0 fully saturated rings. The van der Waals surface area contributed by atoms with E-state index in [0.29, 0.717) is 11.1 Å². The Morgan fingerprint density at radius 2 is 2.00 bits per heavy atom. The summed E-state index contributed by atoms with van der Waals surface area (Å²) >= 11 is 10.8. The van der Waals surface area contributed by atoms with Crippen molar-refractivity contribution in [2.45, 2.75) is 5.38 Å². The van der Waals surface area contributed by atoms with E-state index in [0.717, 1.165) is 3.79 Å². The molecule has 1 nitrogen and oxygen atoms in total. The van der Waals surface area contributed by atoms with Gasteiger partial charge in [0.05, 0.1) is 3.79 Å². The number of carbonyl (C=O) groups excluding carboxylic acids is 1. The summed E-state index contributed by atoms with van der Waals surface area (Å²) in [5.74, 6) is -0.524. The lowest BCUT2D eigenvalue weighted by molar-refractivity contribution is 0.0987. The topological polar surface area (TPSA) is 17.1 Å². The molecule has 0 aliphatic rings. The zero-order valence-electron chi connectivity index (χ0n) is 8.49. The van der Waals surface area contributed by atoms with Gasteiger partial charge in [-0.2, -0.15) is 0 Å². The van der Waals surface area contributed by atoms with Crippen LogP contribution in [0.4, 0.5) is 4.39 Å². The van der Waals surface area contributed by atoms with Crippen molar-refractivity contribution in [3.63, 3.8) is 0 Å². The summed E-state index contributed by atoms with van der Waals surface area (Å²) in [5, 5.41) is 0.961. The van der Waals surface area contributed by atoms with Crippen LogP contribution in [-0.2, 0) is 0 Å². The third-order valence-corrected chi connectivity index (χ3v) is 4.20. The number of hydrogen-bond donors (Lipinski definition) is 0. The summed E-state index contributed by atoms with van der Waals surface area (Å²) in [7, 11) is 0. The van der Waals surface area contributed by atoms with Crippen LogP contribution in [0.3, 0.4) is 0 Å². The van der Waals surface area contributed by atoms with Crippen LogP contribution in [0, 0.1) is 5.82 Å². The molecule has 2 rings (SSSR count). The highest BCUT2D eigenvalue weighted by atomic mass is 79.9. The van der Waals surface area contributed by atoms with Crippen LogP contribution in [0.15, 0.2) is 39.5 Å². The van der Waals surface area contributed by atoms with Gasteiger partial charge >= 0.3 is 0 Å². The van der Waals surface area contributed by atoms with E-state index in [1.54, 1.807) is 11.4 Å². The highest BCUT2D eigenvalue weighted by Crippen LogP contribution is 2.29. The number of ketones is 1. The lowest BCUT2D eigenvalue weighted by Gasteiger charge is -2.07. The lowest BCUT2D eigenvalue weighted by Crippen LogP contribution is -2.06. The monoisotopic (exact) mass is 332 g/mol. The van der Waals surface area contributed by atoms with Crippen molar-refractivity contribution in [3.8, 4) is 0 Å². The van der Waals surface area contributed by atoms with Crippen molar-refractivity contribution in [1.29, 1.82) is 0 Å². The molecule has 0 N–H and O–H groups in total. The van der Waals surface area contributed by atoms with Gasteiger partial charge in [-0.3, -0.25) is 4.79 Å². The van der Waals surface area contributed by atoms with Gasteiger partial charge in [0.25, 0.3) is 0 Å². The molecule has 5 heteroatoms. The zero-order chi connectivity index (χ0) is 12.4. The van der Waals surface area contributed by atoms with Crippen LogP contribution < -0.4 is 0 Å². The van der Waals surface area contributed by atoms with E-state index < -0.39 is 5.38 Å². The van der Waals surface area contributed by atoms with E-state index in [4.69, 9.17) is 11.6 Å². The zero-order valence-corrected chi connectivity index (χ0v) is 11.7. The molecule has 0 spiro atoms. The molecule has 0 saturated heterocycles. The Balaban J connectivity index is 2.23. The maximum Gasteiger partial charge on any atom is 0.186 e. The second-order valence-corrected chi connectivity index (χ2v) is 6.14. The smallest absolute Gasteiger partial charge is 0.186 e. The summed E-state index contributed by atoms with van der Waals surface area (Å²) < 4.78 is 13.6. The Morgan fingerprint density at radius 3 is 2.53 bits per heavy atom. The molecule has 0 radical (unpaired) electrons. The van der Waals surface area contributed by atoms with E-state index >= 15 is 0 Å². The normalized spacial score (nSPS) is 12.4. The fourth-order valence-electron chi connectivity index (χ4n) is 1.37. The molecule has 1 aromatic carbocycles. The Hall–Kier alpha value is -0.710. The molecule has 0 aliphatic carbocycles. The average Bonchev–Trinajstić information content (AvgIpc) is 2.75. The Kier molecular flexibility index (Phi) is 3.97. The Bertz CT molecular complexity index is 538. The van der Waals surface area contributed by atoms with Gasteiger partial charge < -0.3 is 0 Å². The summed E-state index contributed by atoms with van der Waals surface area (Å²) in [6.07, 6.45) is 0. The van der Waals surface area contributed by atoms with Crippen molar-refractivity contribution >= 4 is 44.7 Å². The van der Waals surface area contributed by atoms with Crippen LogP contribution in [0.25, 0.3) is 0 Å². The minimum atomic E-state index is -0.780. The van der Waals surface area contributed by atoms with E-state index in [-0.39, 0.29) is 11.6 Å². The number of benzene rings is 1. The minimum absolute atomic E-state index is 0.180. The van der Waals surface area contributed by atoms with Crippen LogP contribution >= 0.6 is 38.9 Å². The van der Waals surface area contributed by atoms with Gasteiger partial charge in [-0.15, -0.1) is 22.9 Å². The summed E-state index contributed by atoms with van der Waals surface area (Å²) in [6.45, 7) is 0. The maximum absolute atomic E-state index is 12.7. The number of thiophene rings is 1. The molecule has 2 aromatic rings. The molecule has 1 aromatic heterocycles. The molecular formula is C12H7BrClFOS. The van der Waals surface area contributed by atoms with E-state index in [1.165, 1.54) is 35.6 Å². The molecule has 0 bridgehead atoms. The SMILES string of the molecule is O=C(c1csc(Br)c1)C(Cl)c1ccc(F)cc1. The molecule has 17 heavy (non-hydrogen) atoms. The van der Waals surface area contributed by atoms with Crippen LogP contribution in [0.5, 0.6) is 0 Å². The summed E-state index contributed by atoms with van der Waals surface area (Å²) in [5.41, 5.74) is 1.16. The van der Waals surface area contributed by atoms with Crippen molar-refractivity contribution in [3.05, 3.63) is 56.4 Å². The first-order valence-corrected chi connectivity index (χ1v) is 6.86. The Morgan fingerprint density at radius 1 is 1.35 bits per heavy atom. The first-order valence-electron chi connectivity index (χ1n) is 4.75. The predicted molar refractivity (Wildman–Crippen MR) is 71.3 cm³/mol. The van der Waals surface area contributed by atoms with Crippen LogP contribution in [0.1, 0.15) is 21.3 Å². The molecule has 1 atom stereocenters. The summed E-state index contributed by atoms with van der Waals surface area (Å²) in [6, 6.07) is 7.35. The van der Waals surface area contributed by atoms with E-state index in [1.807, 2.05) is 0 Å². The number of rotatable bonds is 3. The fourth-order valence-corrected chi connectivity index (χ4v) is 2.79. The van der Waals surface area contributed by atoms with Crippen molar-refractivity contribution in [2.75, 3.05) is 0 Å². The maximum atomic E-state index is 12.7. The standard InChI is InChI=1S/C12H7BrClFOS/c13-10-5-8(6-17-10)12(16)11(14)7-1-3-9(15)4-2-7/h1-6,11H. The number of halogens is 3. The number of Topliss-reactive ketones (excluding diaryl/α,β-unsaturated/α-hetero) is 1. The number of hydrogen-bond acceptors (Lipinski definition) is 2. The highest BCUT2D eigenvalue weighted by molar-refractivity contribution is 9.11. The quantitative estimate of drug-likeness (QED) is 0.582. The largest absolute Gasteiger partial charge is 0.292 e. The van der Waals surface area contributed by atoms with Crippen molar-refractivity contribution in [2.24, 2.45) is 0 Å². The molecule has 1 unspecified atom stereocenters. The van der Waals surface area contributed by atoms with Crippen LogP contribution in [0.2, 0.25) is 0 Å². The van der Waals surface area contributed by atoms with Crippen LogP contribution in [-0.4, -0.2) is 5.78 Å². The molecular weight excluding hydrogens is 327 g/mol. The van der Waals surface area contributed by atoms with Gasteiger partial charge in [0.15, 0.2) is 5.78 Å². The Labute approximate surface area is 115 Å². The second-order valence-electron chi connectivity index (χ2n) is 3.42. The molecule has 1 heterocycles. The molecule has 0 saturated carbocycles. The average molecular weight is 334 g/mol. The fraction of sp³-hybridized carbons (Fsp3) is 0.0833. The van der Waals surface area contributed by atoms with Gasteiger partial charge in [-0.25, -0.2) is 4.39 Å². The first-order chi connectivity index (χ1) is 8.08. The summed E-state index contributed by atoms with van der Waals surface area (Å²) in [4.78, 5) is 12.0. The first kappa shape index (κ1) is 12.7. The molecule has 88 valence electrons. The van der Waals surface area contributed by atoms with Gasteiger partial charge in [0, 0.05) is 10.9 Å². The van der Waals surface area contributed by atoms with E-state index in [2.05, 4.69) is 15.9 Å². The van der Waals surface area contributed by atoms with E-state index in [9.17, 15) is 9.18 Å². The predicted octanol–water partition coefficient (Wildman–Crippen LogP) is 4.81. The highest BCUT2D eigenvalue weighted by Gasteiger charge is 2.20. The van der Waals surface area contributed by atoms with Gasteiger partial charge in [-0.1, -0.05) is 12.1 Å². The van der Waals surface area contributed by atoms with Gasteiger partial charge in [0.2, 0.25) is 0 Å². The third-order valence-electron chi connectivity index (χ3n) is 2.24. The minimum Gasteiger partial charge on any atom is -0.292 e.